The van der Waals surface area contributed by atoms with Crippen LogP contribution in [-0.2, 0) is 9.47 Å². The first kappa shape index (κ1) is 20.6. The van der Waals surface area contributed by atoms with Gasteiger partial charge in [-0.05, 0) is 0 Å². The molecule has 0 aromatic heterocycles. The van der Waals surface area contributed by atoms with Gasteiger partial charge in [-0.1, -0.05) is 0 Å². The average Bonchev–Trinajstić information content (AvgIpc) is 2.57. The predicted octanol–water partition coefficient (Wildman–Crippen LogP) is -5.79. The van der Waals surface area contributed by atoms with Crippen molar-refractivity contribution in [3.05, 3.63) is 0 Å². The van der Waals surface area contributed by atoms with Crippen LogP contribution < -0.4 is 5.73 Å². The van der Waals surface area contributed by atoms with Crippen molar-refractivity contribution in [3.63, 3.8) is 0 Å². The molecule has 0 spiro atoms. The molecule has 0 aromatic carbocycles. The van der Waals surface area contributed by atoms with Crippen molar-refractivity contribution in [2.45, 2.75) is 55.1 Å². The monoisotopic (exact) mass is 343 g/mol. The van der Waals surface area contributed by atoms with Crippen LogP contribution in [0.4, 0.5) is 0 Å². The summed E-state index contributed by atoms with van der Waals surface area (Å²) in [5, 5.41) is 76.4. The highest BCUT2D eigenvalue weighted by molar-refractivity contribution is 4.91. The third kappa shape index (κ3) is 4.78. The van der Waals surface area contributed by atoms with Gasteiger partial charge in [-0.2, -0.15) is 0 Å². The molecule has 0 saturated carbocycles. The van der Waals surface area contributed by atoms with Crippen LogP contribution in [0.3, 0.4) is 0 Å². The molecule has 0 bridgehead atoms. The fourth-order valence-corrected chi connectivity index (χ4v) is 2.20. The lowest BCUT2D eigenvalue weighted by molar-refractivity contribution is -0.327. The molecule has 1 aliphatic rings. The number of ether oxygens (including phenoxy) is 2. The van der Waals surface area contributed by atoms with Gasteiger partial charge in [0.05, 0.1) is 19.3 Å². The van der Waals surface area contributed by atoms with Crippen LogP contribution in [0.2, 0.25) is 0 Å². The lowest BCUT2D eigenvalue weighted by Crippen LogP contribution is -2.61. The summed E-state index contributed by atoms with van der Waals surface area (Å²) in [5.74, 6) is 0. The number of aliphatic hydroxyl groups is 8. The van der Waals surface area contributed by atoms with Crippen LogP contribution in [-0.4, -0.2) is 116 Å². The zero-order valence-corrected chi connectivity index (χ0v) is 12.3. The highest BCUT2D eigenvalue weighted by atomic mass is 16.7. The van der Waals surface area contributed by atoms with Crippen LogP contribution >= 0.6 is 0 Å². The molecule has 1 aliphatic heterocycles. The predicted molar refractivity (Wildman–Crippen MR) is 72.8 cm³/mol. The fourth-order valence-electron chi connectivity index (χ4n) is 2.20. The summed E-state index contributed by atoms with van der Waals surface area (Å²) >= 11 is 0. The third-order valence-electron chi connectivity index (χ3n) is 3.68. The molecule has 0 radical (unpaired) electrons. The first-order chi connectivity index (χ1) is 10.8. The van der Waals surface area contributed by atoms with E-state index < -0.39 is 68.3 Å². The van der Waals surface area contributed by atoms with Crippen molar-refractivity contribution in [3.8, 4) is 0 Å². The second-order valence-corrected chi connectivity index (χ2v) is 5.34. The molecule has 11 heteroatoms. The van der Waals surface area contributed by atoms with Gasteiger partial charge < -0.3 is 56.1 Å². The second kappa shape index (κ2) is 9.15. The third-order valence-corrected chi connectivity index (χ3v) is 3.68. The molecular weight excluding hydrogens is 318 g/mol. The summed E-state index contributed by atoms with van der Waals surface area (Å²) in [6, 6.07) is 0. The number of hydrogen-bond donors (Lipinski definition) is 9. The second-order valence-electron chi connectivity index (χ2n) is 5.34. The zero-order chi connectivity index (χ0) is 17.7. The van der Waals surface area contributed by atoms with Gasteiger partial charge in [0.2, 0.25) is 0 Å². The van der Waals surface area contributed by atoms with Crippen molar-refractivity contribution >= 4 is 0 Å². The minimum atomic E-state index is -1.76. The molecule has 9 atom stereocenters. The van der Waals surface area contributed by atoms with Crippen molar-refractivity contribution < 1.29 is 50.3 Å². The van der Waals surface area contributed by atoms with E-state index in [4.69, 9.17) is 25.4 Å². The highest BCUT2D eigenvalue weighted by Gasteiger charge is 2.46. The molecule has 0 aliphatic carbocycles. The van der Waals surface area contributed by atoms with Crippen LogP contribution in [0, 0.1) is 0 Å². The van der Waals surface area contributed by atoms with Gasteiger partial charge >= 0.3 is 0 Å². The van der Waals surface area contributed by atoms with Crippen LogP contribution in [0.1, 0.15) is 0 Å². The molecule has 11 nitrogen and oxygen atoms in total. The smallest absolute Gasteiger partial charge is 0.187 e. The summed E-state index contributed by atoms with van der Waals surface area (Å²) in [6.07, 6.45) is -14.5. The summed E-state index contributed by atoms with van der Waals surface area (Å²) in [4.78, 5) is 0. The SMILES string of the molecule is NC[C@H](O)[C@@H](O)[C@H](O[C@H]1O[C@H](CO)[C@@H](O)[C@H](O)[C@H]1O)[C@H](O)CO. The maximum absolute atomic E-state index is 9.91. The standard InChI is InChI=1S/C12H25NO10/c13-1-4(16)7(18)11(5(17)2-14)23-12-10(21)9(20)8(19)6(3-15)22-12/h4-12,14-21H,1-3,13H2/t4-,5+,6+,7+,8+,9-,10+,11+,12+/m0/s1. The largest absolute Gasteiger partial charge is 0.394 e. The molecule has 1 rings (SSSR count). The van der Waals surface area contributed by atoms with Gasteiger partial charge in [-0.3, -0.25) is 0 Å². The normalized spacial score (nSPS) is 37.2. The molecule has 0 unspecified atom stereocenters. The number of rotatable bonds is 8. The Morgan fingerprint density at radius 3 is 2.04 bits per heavy atom. The van der Waals surface area contributed by atoms with Gasteiger partial charge in [0.15, 0.2) is 6.29 Å². The summed E-state index contributed by atoms with van der Waals surface area (Å²) in [7, 11) is 0. The molecule has 0 aromatic rings. The molecule has 1 saturated heterocycles. The molecule has 0 amide bonds. The Bertz CT molecular complexity index is 346. The van der Waals surface area contributed by atoms with E-state index in [-0.39, 0.29) is 6.54 Å². The average molecular weight is 343 g/mol. The van der Waals surface area contributed by atoms with Crippen LogP contribution in [0.15, 0.2) is 0 Å². The fraction of sp³-hybridized carbons (Fsp3) is 1.00. The number of aliphatic hydroxyl groups excluding tert-OH is 8. The van der Waals surface area contributed by atoms with Gasteiger partial charge in [-0.25, -0.2) is 0 Å². The van der Waals surface area contributed by atoms with Crippen LogP contribution in [0.25, 0.3) is 0 Å². The van der Waals surface area contributed by atoms with E-state index in [1.807, 2.05) is 0 Å². The minimum absolute atomic E-state index is 0.367. The maximum Gasteiger partial charge on any atom is 0.187 e. The molecule has 23 heavy (non-hydrogen) atoms. The van der Waals surface area contributed by atoms with E-state index >= 15 is 0 Å². The van der Waals surface area contributed by atoms with Crippen molar-refractivity contribution in [2.24, 2.45) is 5.73 Å². The van der Waals surface area contributed by atoms with Crippen molar-refractivity contribution in [1.82, 2.24) is 0 Å². The Morgan fingerprint density at radius 1 is 0.957 bits per heavy atom. The molecule has 1 heterocycles. The van der Waals surface area contributed by atoms with Gasteiger partial charge in [0.25, 0.3) is 0 Å². The van der Waals surface area contributed by atoms with E-state index in [2.05, 4.69) is 0 Å². The topological polar surface area (TPSA) is 206 Å². The zero-order valence-electron chi connectivity index (χ0n) is 12.3. The van der Waals surface area contributed by atoms with Crippen LogP contribution in [0.5, 0.6) is 0 Å². The molecule has 10 N–H and O–H groups in total. The quantitative estimate of drug-likeness (QED) is 0.203. The Kier molecular flexibility index (Phi) is 8.20. The Hall–Kier alpha value is -0.440. The number of nitrogens with two attached hydrogens (primary N) is 1. The first-order valence-corrected chi connectivity index (χ1v) is 7.09. The number of hydrogen-bond acceptors (Lipinski definition) is 11. The Balaban J connectivity index is 2.89. The van der Waals surface area contributed by atoms with E-state index in [1.165, 1.54) is 0 Å². The van der Waals surface area contributed by atoms with Crippen molar-refractivity contribution in [2.75, 3.05) is 19.8 Å². The van der Waals surface area contributed by atoms with E-state index in [9.17, 15) is 30.6 Å². The first-order valence-electron chi connectivity index (χ1n) is 7.09. The van der Waals surface area contributed by atoms with E-state index in [1.54, 1.807) is 0 Å². The minimum Gasteiger partial charge on any atom is -0.394 e. The lowest BCUT2D eigenvalue weighted by atomic mass is 9.98. The van der Waals surface area contributed by atoms with Gasteiger partial charge in [-0.15, -0.1) is 0 Å². The summed E-state index contributed by atoms with van der Waals surface area (Å²) < 4.78 is 10.2. The summed E-state index contributed by atoms with van der Waals surface area (Å²) in [5.41, 5.74) is 5.20. The Morgan fingerprint density at radius 2 is 1.57 bits per heavy atom. The van der Waals surface area contributed by atoms with Gasteiger partial charge in [0, 0.05) is 6.54 Å². The lowest BCUT2D eigenvalue weighted by Gasteiger charge is -2.42. The van der Waals surface area contributed by atoms with Crippen molar-refractivity contribution in [1.29, 1.82) is 0 Å². The molecule has 138 valence electrons. The van der Waals surface area contributed by atoms with E-state index in [0.717, 1.165) is 0 Å². The highest BCUT2D eigenvalue weighted by Crippen LogP contribution is 2.24. The molecule has 1 fully saturated rings. The maximum atomic E-state index is 9.91. The molecular formula is C12H25NO10. The van der Waals surface area contributed by atoms with E-state index in [0.29, 0.717) is 0 Å². The Labute approximate surface area is 132 Å². The summed E-state index contributed by atoms with van der Waals surface area (Å²) in [6.45, 7) is -1.89. The van der Waals surface area contributed by atoms with Gasteiger partial charge in [0.1, 0.15) is 42.7 Å².